The Morgan fingerprint density at radius 3 is 1.41 bits per heavy atom. The Balaban J connectivity index is 0.872. The fraction of sp³-hybridized carbons (Fsp3) is 0. The average Bonchev–Trinajstić information content (AvgIpc) is 3.42. The van der Waals surface area contributed by atoms with Crippen molar-refractivity contribution in [3.63, 3.8) is 0 Å². The number of rotatable bonds is 8. The molecule has 0 atom stereocenters. The first-order valence-corrected chi connectivity index (χ1v) is 22.8. The normalized spacial score (nSPS) is 11.2. The predicted octanol–water partition coefficient (Wildman–Crippen LogP) is 16.5. The van der Waals surface area contributed by atoms with E-state index < -0.39 is 0 Å². The van der Waals surface area contributed by atoms with Gasteiger partial charge >= 0.3 is 0 Å². The number of benzene rings is 11. The molecule has 0 aliphatic heterocycles. The molecule has 4 heteroatoms. The molecule has 4 nitrogen and oxygen atoms in total. The molecule has 0 amide bonds. The van der Waals surface area contributed by atoms with Gasteiger partial charge in [-0.15, -0.1) is 0 Å². The fourth-order valence-electron chi connectivity index (χ4n) is 9.59. The highest BCUT2D eigenvalue weighted by atomic mass is 15.0. The van der Waals surface area contributed by atoms with E-state index in [0.29, 0.717) is 23.0 Å². The van der Waals surface area contributed by atoms with Crippen molar-refractivity contribution in [1.82, 2.24) is 15.0 Å². The highest BCUT2D eigenvalue weighted by molar-refractivity contribution is 6.15. The monoisotopic (exact) mass is 864 g/mol. The van der Waals surface area contributed by atoms with Crippen molar-refractivity contribution in [3.8, 4) is 95.9 Å². The summed E-state index contributed by atoms with van der Waals surface area (Å²) in [5, 5.41) is 17.6. The van der Waals surface area contributed by atoms with Gasteiger partial charge in [-0.25, -0.2) is 15.0 Å². The van der Waals surface area contributed by atoms with Crippen LogP contribution in [0.3, 0.4) is 0 Å². The van der Waals surface area contributed by atoms with Crippen molar-refractivity contribution >= 4 is 32.3 Å². The summed E-state index contributed by atoms with van der Waals surface area (Å²) in [6, 6.07) is 87.1. The van der Waals surface area contributed by atoms with E-state index in [9.17, 15) is 5.26 Å². The molecule has 12 rings (SSSR count). The molecule has 0 aliphatic carbocycles. The molecule has 0 spiro atoms. The third kappa shape index (κ3) is 7.54. The summed E-state index contributed by atoms with van der Waals surface area (Å²) in [5.41, 5.74) is 14.2. The first kappa shape index (κ1) is 40.2. The molecule has 0 fully saturated rings. The molecular formula is C64H40N4. The molecule has 0 radical (unpaired) electrons. The number of hydrogen-bond acceptors (Lipinski definition) is 4. The standard InChI is InChI=1S/C64H40N4/c65-41-42-37-53(43-27-31-47(32-28-43)56-22-8-9-24-59(56)60-26-12-18-48-34-33-46-14-5-7-23-58(46)61(48)60)40-54(38-42)44-29-35-50(36-30-44)63-66-62(49-15-2-1-3-16-49)67-64(68-63)52-20-10-19-51(39-52)57-25-11-17-45-13-4-6-21-55(45)57/h1-40H. The summed E-state index contributed by atoms with van der Waals surface area (Å²) in [6.45, 7) is 0. The molecule has 68 heavy (non-hydrogen) atoms. The van der Waals surface area contributed by atoms with Crippen LogP contribution in [0.4, 0.5) is 0 Å². The van der Waals surface area contributed by atoms with E-state index in [2.05, 4.69) is 206 Å². The number of hydrogen-bond donors (Lipinski definition) is 0. The molecule has 1 aromatic heterocycles. The number of aromatic nitrogens is 3. The van der Waals surface area contributed by atoms with Crippen molar-refractivity contribution in [2.45, 2.75) is 0 Å². The van der Waals surface area contributed by atoms with Gasteiger partial charge in [0, 0.05) is 16.7 Å². The Morgan fingerprint density at radius 1 is 0.265 bits per heavy atom. The summed E-state index contributed by atoms with van der Waals surface area (Å²) in [4.78, 5) is 15.1. The highest BCUT2D eigenvalue weighted by Gasteiger charge is 2.16. The van der Waals surface area contributed by atoms with E-state index >= 15 is 0 Å². The minimum Gasteiger partial charge on any atom is -0.208 e. The third-order valence-electron chi connectivity index (χ3n) is 12.9. The van der Waals surface area contributed by atoms with E-state index in [4.69, 9.17) is 15.0 Å². The second-order valence-corrected chi connectivity index (χ2v) is 17.1. The third-order valence-corrected chi connectivity index (χ3v) is 12.9. The van der Waals surface area contributed by atoms with Crippen LogP contribution in [-0.2, 0) is 0 Å². The van der Waals surface area contributed by atoms with Crippen LogP contribution in [0, 0.1) is 11.3 Å². The average molecular weight is 865 g/mol. The second kappa shape index (κ2) is 17.2. The minimum absolute atomic E-state index is 0.581. The van der Waals surface area contributed by atoms with Crippen LogP contribution in [0.15, 0.2) is 243 Å². The maximum Gasteiger partial charge on any atom is 0.164 e. The maximum atomic E-state index is 10.2. The van der Waals surface area contributed by atoms with Gasteiger partial charge in [0.05, 0.1) is 11.6 Å². The van der Waals surface area contributed by atoms with Gasteiger partial charge < -0.3 is 0 Å². The summed E-state index contributed by atoms with van der Waals surface area (Å²) in [7, 11) is 0. The highest BCUT2D eigenvalue weighted by Crippen LogP contribution is 2.40. The van der Waals surface area contributed by atoms with Crippen molar-refractivity contribution in [2.75, 3.05) is 0 Å². The van der Waals surface area contributed by atoms with Crippen molar-refractivity contribution in [1.29, 1.82) is 5.26 Å². The molecule has 0 unspecified atom stereocenters. The molecule has 11 aromatic carbocycles. The van der Waals surface area contributed by atoms with Gasteiger partial charge in [-0.2, -0.15) is 5.26 Å². The molecule has 0 bridgehead atoms. The van der Waals surface area contributed by atoms with Crippen molar-refractivity contribution < 1.29 is 0 Å². The second-order valence-electron chi connectivity index (χ2n) is 17.1. The van der Waals surface area contributed by atoms with Crippen LogP contribution < -0.4 is 0 Å². The number of fused-ring (bicyclic) bond motifs is 4. The zero-order valence-corrected chi connectivity index (χ0v) is 36.9. The summed E-state index contributed by atoms with van der Waals surface area (Å²) >= 11 is 0. The van der Waals surface area contributed by atoms with Crippen LogP contribution in [0.25, 0.3) is 122 Å². The summed E-state index contributed by atoms with van der Waals surface area (Å²) < 4.78 is 0. The van der Waals surface area contributed by atoms with Crippen LogP contribution in [0.5, 0.6) is 0 Å². The van der Waals surface area contributed by atoms with Crippen molar-refractivity contribution in [3.05, 3.63) is 248 Å². The van der Waals surface area contributed by atoms with Gasteiger partial charge in [-0.3, -0.25) is 0 Å². The molecule has 0 saturated heterocycles. The number of nitrogens with zero attached hydrogens (tertiary/aromatic N) is 4. The Bertz CT molecular complexity index is 3900. The lowest BCUT2D eigenvalue weighted by Gasteiger charge is -2.15. The zero-order chi connectivity index (χ0) is 45.4. The Morgan fingerprint density at radius 2 is 0.706 bits per heavy atom. The first-order valence-electron chi connectivity index (χ1n) is 22.8. The Hall–Kier alpha value is -9.30. The molecule has 0 N–H and O–H groups in total. The quantitative estimate of drug-likeness (QED) is 0.143. The van der Waals surface area contributed by atoms with Gasteiger partial charge in [0.1, 0.15) is 0 Å². The van der Waals surface area contributed by atoms with Crippen LogP contribution in [0.2, 0.25) is 0 Å². The van der Waals surface area contributed by atoms with Crippen LogP contribution in [-0.4, -0.2) is 15.0 Å². The molecular weight excluding hydrogens is 825 g/mol. The molecule has 1 heterocycles. The molecule has 12 aromatic rings. The smallest absolute Gasteiger partial charge is 0.164 e. The molecule has 316 valence electrons. The maximum absolute atomic E-state index is 10.2. The molecule has 0 saturated carbocycles. The van der Waals surface area contributed by atoms with Crippen molar-refractivity contribution in [2.24, 2.45) is 0 Å². The van der Waals surface area contributed by atoms with Gasteiger partial charge in [0.15, 0.2) is 17.5 Å². The van der Waals surface area contributed by atoms with Crippen LogP contribution in [0.1, 0.15) is 5.56 Å². The zero-order valence-electron chi connectivity index (χ0n) is 36.9. The summed E-state index contributed by atoms with van der Waals surface area (Å²) in [5.74, 6) is 1.79. The van der Waals surface area contributed by atoms with E-state index in [-0.39, 0.29) is 0 Å². The largest absolute Gasteiger partial charge is 0.208 e. The van der Waals surface area contributed by atoms with Gasteiger partial charge in [0.25, 0.3) is 0 Å². The number of nitriles is 1. The lowest BCUT2D eigenvalue weighted by Crippen LogP contribution is -2.00. The lowest BCUT2D eigenvalue weighted by atomic mass is 9.89. The van der Waals surface area contributed by atoms with Gasteiger partial charge in [-0.05, 0) is 112 Å². The van der Waals surface area contributed by atoms with Gasteiger partial charge in [0.2, 0.25) is 0 Å². The Kier molecular flexibility index (Phi) is 10.2. The van der Waals surface area contributed by atoms with E-state index in [0.717, 1.165) is 55.6 Å². The Labute approximate surface area is 394 Å². The van der Waals surface area contributed by atoms with Crippen LogP contribution >= 0.6 is 0 Å². The predicted molar refractivity (Wildman–Crippen MR) is 281 cm³/mol. The topological polar surface area (TPSA) is 62.5 Å². The fourth-order valence-corrected chi connectivity index (χ4v) is 9.59. The van der Waals surface area contributed by atoms with E-state index in [1.807, 2.05) is 42.5 Å². The minimum atomic E-state index is 0.581. The van der Waals surface area contributed by atoms with E-state index in [1.165, 1.54) is 49.0 Å². The van der Waals surface area contributed by atoms with Gasteiger partial charge in [-0.1, -0.05) is 218 Å². The first-order chi connectivity index (χ1) is 33.6. The SMILES string of the molecule is N#Cc1cc(-c2ccc(-c3nc(-c4ccccc4)nc(-c4cccc(-c5cccc6ccccc56)c4)n3)cc2)cc(-c2ccc(-c3ccccc3-c3cccc4ccc5ccccc5c34)cc2)c1. The molecule has 0 aliphatic rings. The summed E-state index contributed by atoms with van der Waals surface area (Å²) in [6.07, 6.45) is 0. The van der Waals surface area contributed by atoms with E-state index in [1.54, 1.807) is 0 Å². The lowest BCUT2D eigenvalue weighted by molar-refractivity contribution is 1.07.